The third kappa shape index (κ3) is 3.16. The fourth-order valence-electron chi connectivity index (χ4n) is 2.43. The smallest absolute Gasteiger partial charge is 0.238 e. The van der Waals surface area contributed by atoms with Gasteiger partial charge in [0.15, 0.2) is 11.5 Å². The fourth-order valence-corrected chi connectivity index (χ4v) is 3.25. The van der Waals surface area contributed by atoms with Crippen molar-refractivity contribution in [2.75, 3.05) is 5.32 Å². The van der Waals surface area contributed by atoms with Crippen molar-refractivity contribution in [1.29, 1.82) is 0 Å². The summed E-state index contributed by atoms with van der Waals surface area (Å²) in [6.07, 6.45) is 2.90. The molecule has 0 unspecified atom stereocenters. The highest BCUT2D eigenvalue weighted by Crippen LogP contribution is 2.25. The Kier molecular flexibility index (Phi) is 4.02. The maximum atomic E-state index is 12.5. The minimum Gasteiger partial charge on any atom is -0.340 e. The molecule has 0 saturated heterocycles. The zero-order chi connectivity index (χ0) is 17.2. The standard InChI is InChI=1S/C17H14N6OS/c1-10(25-13-7-6-11-4-2-3-5-12(11)22-13)17(24)23-16-14-15(19-8-18-14)20-9-21-16/h2-10H,1H3,(H2,18,19,20,21,23,24)/t10-/m1/s1. The summed E-state index contributed by atoms with van der Waals surface area (Å²) in [4.78, 5) is 32.2. The van der Waals surface area contributed by atoms with Crippen molar-refractivity contribution in [3.8, 4) is 0 Å². The number of carbonyl (C=O) groups is 1. The molecule has 2 N–H and O–H groups in total. The average Bonchev–Trinajstić information content (AvgIpc) is 3.11. The van der Waals surface area contributed by atoms with Gasteiger partial charge >= 0.3 is 0 Å². The zero-order valence-corrected chi connectivity index (χ0v) is 14.1. The fraction of sp³-hybridized carbons (Fsp3) is 0.118. The van der Waals surface area contributed by atoms with Gasteiger partial charge in [-0.25, -0.2) is 19.9 Å². The number of carbonyl (C=O) groups excluding carboxylic acids is 1. The molecular weight excluding hydrogens is 336 g/mol. The lowest BCUT2D eigenvalue weighted by molar-refractivity contribution is -0.115. The Morgan fingerprint density at radius 2 is 2.04 bits per heavy atom. The molecule has 124 valence electrons. The van der Waals surface area contributed by atoms with Crippen molar-refractivity contribution >= 4 is 45.6 Å². The maximum Gasteiger partial charge on any atom is 0.238 e. The number of hydrogen-bond donors (Lipinski definition) is 2. The van der Waals surface area contributed by atoms with Gasteiger partial charge in [-0.15, -0.1) is 0 Å². The van der Waals surface area contributed by atoms with Gasteiger partial charge in [-0.3, -0.25) is 4.79 Å². The van der Waals surface area contributed by atoms with Crippen LogP contribution in [0.4, 0.5) is 5.82 Å². The lowest BCUT2D eigenvalue weighted by Gasteiger charge is -2.11. The first kappa shape index (κ1) is 15.5. The molecule has 25 heavy (non-hydrogen) atoms. The number of amides is 1. The van der Waals surface area contributed by atoms with E-state index in [2.05, 4.69) is 30.2 Å². The number of anilines is 1. The first-order chi connectivity index (χ1) is 12.2. The minimum absolute atomic E-state index is 0.158. The van der Waals surface area contributed by atoms with Crippen LogP contribution in [0.5, 0.6) is 0 Å². The topological polar surface area (TPSA) is 96.5 Å². The van der Waals surface area contributed by atoms with Crippen LogP contribution in [-0.4, -0.2) is 36.1 Å². The number of aromatic nitrogens is 5. The lowest BCUT2D eigenvalue weighted by Crippen LogP contribution is -2.23. The molecule has 7 nitrogen and oxygen atoms in total. The van der Waals surface area contributed by atoms with Crippen molar-refractivity contribution in [1.82, 2.24) is 24.9 Å². The number of thioether (sulfide) groups is 1. The van der Waals surface area contributed by atoms with E-state index >= 15 is 0 Å². The van der Waals surface area contributed by atoms with Crippen LogP contribution in [0.25, 0.3) is 22.1 Å². The molecule has 3 heterocycles. The van der Waals surface area contributed by atoms with E-state index in [1.807, 2.05) is 43.3 Å². The normalized spacial score (nSPS) is 12.4. The summed E-state index contributed by atoms with van der Waals surface area (Å²) in [7, 11) is 0. The number of rotatable bonds is 4. The Bertz CT molecular complexity index is 1060. The van der Waals surface area contributed by atoms with E-state index in [9.17, 15) is 4.79 Å². The van der Waals surface area contributed by atoms with Crippen LogP contribution in [0, 0.1) is 0 Å². The molecule has 0 aliphatic heterocycles. The number of fused-ring (bicyclic) bond motifs is 2. The van der Waals surface area contributed by atoms with Gasteiger partial charge in [0.05, 0.1) is 22.1 Å². The first-order valence-electron chi connectivity index (χ1n) is 7.68. The largest absolute Gasteiger partial charge is 0.340 e. The Labute approximate surface area is 147 Å². The molecule has 1 aromatic carbocycles. The van der Waals surface area contributed by atoms with Gasteiger partial charge in [0, 0.05) is 5.39 Å². The van der Waals surface area contributed by atoms with Crippen LogP contribution in [0.2, 0.25) is 0 Å². The molecule has 8 heteroatoms. The summed E-state index contributed by atoms with van der Waals surface area (Å²) >= 11 is 1.40. The van der Waals surface area contributed by atoms with Gasteiger partial charge < -0.3 is 10.3 Å². The summed E-state index contributed by atoms with van der Waals surface area (Å²) in [6.45, 7) is 1.84. The SMILES string of the molecule is C[C@@H](Sc1ccc2ccccc2n1)C(=O)Nc1ncnc2nc[nH]c12. The number of benzene rings is 1. The van der Waals surface area contributed by atoms with Gasteiger partial charge in [0.1, 0.15) is 11.8 Å². The highest BCUT2D eigenvalue weighted by atomic mass is 32.2. The van der Waals surface area contributed by atoms with Crippen LogP contribution < -0.4 is 5.32 Å². The molecule has 4 aromatic rings. The van der Waals surface area contributed by atoms with Crippen molar-refractivity contribution in [3.05, 3.63) is 49.1 Å². The number of nitrogens with zero attached hydrogens (tertiary/aromatic N) is 4. The second-order valence-electron chi connectivity index (χ2n) is 5.41. The lowest BCUT2D eigenvalue weighted by atomic mass is 10.2. The van der Waals surface area contributed by atoms with Crippen molar-refractivity contribution in [2.45, 2.75) is 17.2 Å². The molecule has 1 atom stereocenters. The molecule has 3 aromatic heterocycles. The summed E-state index contributed by atoms with van der Waals surface area (Å²) in [6, 6.07) is 11.8. The number of aromatic amines is 1. The summed E-state index contributed by atoms with van der Waals surface area (Å²) in [5.74, 6) is 0.265. The Balaban J connectivity index is 1.50. The second kappa shape index (κ2) is 6.48. The highest BCUT2D eigenvalue weighted by molar-refractivity contribution is 8.00. The predicted molar refractivity (Wildman–Crippen MR) is 97.4 cm³/mol. The molecule has 0 fully saturated rings. The van der Waals surface area contributed by atoms with Crippen LogP contribution in [0.1, 0.15) is 6.92 Å². The molecule has 0 saturated carbocycles. The summed E-state index contributed by atoms with van der Waals surface area (Å²) < 4.78 is 0. The third-order valence-electron chi connectivity index (χ3n) is 3.70. The molecule has 0 bridgehead atoms. The van der Waals surface area contributed by atoms with E-state index < -0.39 is 0 Å². The molecule has 0 aliphatic carbocycles. The molecular formula is C17H14N6OS. The average molecular weight is 350 g/mol. The number of para-hydroxylation sites is 1. The zero-order valence-electron chi connectivity index (χ0n) is 13.3. The predicted octanol–water partition coefficient (Wildman–Crippen LogP) is 3.02. The monoisotopic (exact) mass is 350 g/mol. The van der Waals surface area contributed by atoms with Gasteiger partial charge in [-0.2, -0.15) is 0 Å². The van der Waals surface area contributed by atoms with E-state index in [0.29, 0.717) is 17.0 Å². The quantitative estimate of drug-likeness (QED) is 0.549. The molecule has 4 rings (SSSR count). The van der Waals surface area contributed by atoms with E-state index in [-0.39, 0.29) is 11.2 Å². The summed E-state index contributed by atoms with van der Waals surface area (Å²) in [5.41, 5.74) is 2.04. The van der Waals surface area contributed by atoms with Gasteiger partial charge in [-0.1, -0.05) is 36.0 Å². The summed E-state index contributed by atoms with van der Waals surface area (Å²) in [5, 5.41) is 4.36. The first-order valence-corrected chi connectivity index (χ1v) is 8.56. The molecule has 1 amide bonds. The number of nitrogens with one attached hydrogen (secondary N) is 2. The van der Waals surface area contributed by atoms with E-state index in [1.165, 1.54) is 24.4 Å². The maximum absolute atomic E-state index is 12.5. The number of imidazole rings is 1. The van der Waals surface area contributed by atoms with Crippen molar-refractivity contribution in [3.63, 3.8) is 0 Å². The minimum atomic E-state index is -0.332. The number of hydrogen-bond acceptors (Lipinski definition) is 6. The third-order valence-corrected chi connectivity index (χ3v) is 4.74. The number of H-pyrrole nitrogens is 1. The van der Waals surface area contributed by atoms with Crippen LogP contribution >= 0.6 is 11.8 Å². The Morgan fingerprint density at radius 3 is 2.96 bits per heavy atom. The Morgan fingerprint density at radius 1 is 1.16 bits per heavy atom. The Hall–Kier alpha value is -3.00. The van der Waals surface area contributed by atoms with E-state index in [1.54, 1.807) is 0 Å². The van der Waals surface area contributed by atoms with E-state index in [4.69, 9.17) is 0 Å². The highest BCUT2D eigenvalue weighted by Gasteiger charge is 2.18. The van der Waals surface area contributed by atoms with Crippen molar-refractivity contribution in [2.24, 2.45) is 0 Å². The van der Waals surface area contributed by atoms with Crippen LogP contribution in [0.15, 0.2) is 54.1 Å². The second-order valence-corrected chi connectivity index (χ2v) is 6.78. The van der Waals surface area contributed by atoms with Gasteiger partial charge in [0.25, 0.3) is 0 Å². The van der Waals surface area contributed by atoms with Gasteiger partial charge in [-0.05, 0) is 19.1 Å². The van der Waals surface area contributed by atoms with Gasteiger partial charge in [0.2, 0.25) is 5.91 Å². The molecule has 0 spiro atoms. The van der Waals surface area contributed by atoms with E-state index in [0.717, 1.165) is 15.9 Å². The molecule has 0 radical (unpaired) electrons. The molecule has 0 aliphatic rings. The van der Waals surface area contributed by atoms with Crippen LogP contribution in [-0.2, 0) is 4.79 Å². The van der Waals surface area contributed by atoms with Crippen LogP contribution in [0.3, 0.4) is 0 Å². The van der Waals surface area contributed by atoms with Crippen molar-refractivity contribution < 1.29 is 4.79 Å². The number of pyridine rings is 1.